The van der Waals surface area contributed by atoms with Crippen molar-refractivity contribution in [3.05, 3.63) is 29.8 Å². The number of amidine groups is 1. The maximum absolute atomic E-state index is 5.18. The van der Waals surface area contributed by atoms with Crippen LogP contribution in [0.3, 0.4) is 0 Å². The van der Waals surface area contributed by atoms with Crippen molar-refractivity contribution >= 4 is 16.9 Å². The van der Waals surface area contributed by atoms with E-state index in [1.807, 2.05) is 23.9 Å². The first kappa shape index (κ1) is 14.8. The average molecular weight is 304 g/mol. The summed E-state index contributed by atoms with van der Waals surface area (Å²) in [5.41, 5.74) is 1.68. The number of nitrogens with zero attached hydrogens (tertiary/aromatic N) is 1. The standard InChI is InChI=1S/C17H24N2OS/c1-20-15-7-5-14(6-8-15)9-12-18-16-19-17(13-21-16)10-3-2-4-11-17/h5-8H,2-4,9-13H2,1H3,(H,18,19). The van der Waals surface area contributed by atoms with Gasteiger partial charge in [-0.05, 0) is 37.0 Å². The Bertz CT molecular complexity index is 492. The van der Waals surface area contributed by atoms with Crippen molar-refractivity contribution in [3.8, 4) is 5.75 Å². The van der Waals surface area contributed by atoms with Gasteiger partial charge in [0.25, 0.3) is 0 Å². The Kier molecular flexibility index (Phi) is 4.73. The molecule has 0 aromatic heterocycles. The summed E-state index contributed by atoms with van der Waals surface area (Å²) in [5, 5.41) is 4.86. The molecule has 114 valence electrons. The molecule has 1 heterocycles. The normalized spacial score (nSPS) is 22.4. The number of aliphatic imine (C=N–C) groups is 1. The van der Waals surface area contributed by atoms with Gasteiger partial charge in [-0.15, -0.1) is 0 Å². The van der Waals surface area contributed by atoms with E-state index in [4.69, 9.17) is 9.73 Å². The molecule has 2 fully saturated rings. The minimum Gasteiger partial charge on any atom is -0.497 e. The summed E-state index contributed by atoms with van der Waals surface area (Å²) in [6, 6.07) is 8.28. The van der Waals surface area contributed by atoms with Gasteiger partial charge in [0.15, 0.2) is 5.17 Å². The summed E-state index contributed by atoms with van der Waals surface area (Å²) in [6.07, 6.45) is 7.76. The molecule has 1 aromatic rings. The van der Waals surface area contributed by atoms with Crippen LogP contribution in [-0.2, 0) is 6.42 Å². The number of ether oxygens (including phenoxy) is 1. The predicted octanol–water partition coefficient (Wildman–Crippen LogP) is 3.63. The highest BCUT2D eigenvalue weighted by Gasteiger charge is 2.37. The zero-order valence-electron chi connectivity index (χ0n) is 12.7. The fourth-order valence-corrected chi connectivity index (χ4v) is 4.41. The topological polar surface area (TPSA) is 33.6 Å². The largest absolute Gasteiger partial charge is 0.497 e. The zero-order valence-corrected chi connectivity index (χ0v) is 13.5. The molecule has 4 heteroatoms. The lowest BCUT2D eigenvalue weighted by Gasteiger charge is -2.32. The Morgan fingerprint density at radius 1 is 1.19 bits per heavy atom. The van der Waals surface area contributed by atoms with Crippen molar-refractivity contribution in [2.24, 2.45) is 4.99 Å². The van der Waals surface area contributed by atoms with Gasteiger partial charge in [-0.25, -0.2) is 0 Å². The van der Waals surface area contributed by atoms with E-state index in [1.165, 1.54) is 43.4 Å². The molecule has 0 amide bonds. The summed E-state index contributed by atoms with van der Waals surface area (Å²) in [4.78, 5) is 4.75. The Morgan fingerprint density at radius 3 is 2.67 bits per heavy atom. The van der Waals surface area contributed by atoms with Gasteiger partial charge in [0.05, 0.1) is 7.11 Å². The lowest BCUT2D eigenvalue weighted by atomic mass is 9.83. The highest BCUT2D eigenvalue weighted by Crippen LogP contribution is 2.36. The van der Waals surface area contributed by atoms with E-state index in [9.17, 15) is 0 Å². The molecule has 0 bridgehead atoms. The van der Waals surface area contributed by atoms with Crippen LogP contribution < -0.4 is 10.1 Å². The highest BCUT2D eigenvalue weighted by atomic mass is 32.2. The van der Waals surface area contributed by atoms with E-state index in [0.29, 0.717) is 5.54 Å². The first-order chi connectivity index (χ1) is 10.3. The average Bonchev–Trinajstić information content (AvgIpc) is 2.91. The molecule has 3 nitrogen and oxygen atoms in total. The number of thioether (sulfide) groups is 1. The maximum Gasteiger partial charge on any atom is 0.157 e. The summed E-state index contributed by atoms with van der Waals surface area (Å²) in [7, 11) is 1.70. The molecule has 1 N–H and O–H groups in total. The third-order valence-electron chi connectivity index (χ3n) is 4.48. The van der Waals surface area contributed by atoms with Crippen LogP contribution in [-0.4, -0.2) is 30.1 Å². The number of nitrogens with one attached hydrogen (secondary N) is 1. The van der Waals surface area contributed by atoms with Crippen LogP contribution >= 0.6 is 11.8 Å². The van der Waals surface area contributed by atoms with E-state index in [2.05, 4.69) is 17.4 Å². The van der Waals surface area contributed by atoms with E-state index in [0.717, 1.165) is 23.9 Å². The smallest absolute Gasteiger partial charge is 0.157 e. The monoisotopic (exact) mass is 304 g/mol. The lowest BCUT2D eigenvalue weighted by molar-refractivity contribution is 0.303. The second kappa shape index (κ2) is 6.73. The molecule has 1 saturated heterocycles. The molecule has 1 aliphatic carbocycles. The molecule has 0 atom stereocenters. The highest BCUT2D eigenvalue weighted by molar-refractivity contribution is 8.14. The van der Waals surface area contributed by atoms with Crippen LogP contribution in [0.15, 0.2) is 29.3 Å². The molecule has 0 radical (unpaired) electrons. The molecule has 2 aliphatic rings. The number of benzene rings is 1. The molecule has 1 aromatic carbocycles. The van der Waals surface area contributed by atoms with Gasteiger partial charge in [-0.2, -0.15) is 0 Å². The molecule has 0 unspecified atom stereocenters. The molecule has 21 heavy (non-hydrogen) atoms. The quantitative estimate of drug-likeness (QED) is 0.922. The van der Waals surface area contributed by atoms with Crippen LogP contribution in [0.1, 0.15) is 37.7 Å². The number of rotatable bonds is 4. The van der Waals surface area contributed by atoms with Gasteiger partial charge in [0.2, 0.25) is 0 Å². The molecule has 3 rings (SSSR count). The number of hydrogen-bond acceptors (Lipinski definition) is 3. The molecular weight excluding hydrogens is 280 g/mol. The van der Waals surface area contributed by atoms with Gasteiger partial charge >= 0.3 is 0 Å². The van der Waals surface area contributed by atoms with Crippen molar-refractivity contribution in [1.82, 2.24) is 5.32 Å². The third-order valence-corrected chi connectivity index (χ3v) is 5.68. The fraction of sp³-hybridized carbons (Fsp3) is 0.588. The lowest BCUT2D eigenvalue weighted by Crippen LogP contribution is -2.45. The Hall–Kier alpha value is -1.16. The maximum atomic E-state index is 5.18. The third kappa shape index (κ3) is 3.73. The van der Waals surface area contributed by atoms with Crippen LogP contribution in [0.4, 0.5) is 0 Å². The van der Waals surface area contributed by atoms with Crippen molar-refractivity contribution in [2.45, 2.75) is 44.1 Å². The Balaban J connectivity index is 1.50. The van der Waals surface area contributed by atoms with Crippen LogP contribution in [0, 0.1) is 0 Å². The second-order valence-corrected chi connectivity index (χ2v) is 7.00. The minimum absolute atomic E-state index is 0.363. The van der Waals surface area contributed by atoms with Crippen molar-refractivity contribution in [1.29, 1.82) is 0 Å². The summed E-state index contributed by atoms with van der Waals surface area (Å²) in [6.45, 7) is 0.859. The van der Waals surface area contributed by atoms with Gasteiger partial charge in [0.1, 0.15) is 5.75 Å². The molecule has 1 spiro atoms. The van der Waals surface area contributed by atoms with E-state index in [-0.39, 0.29) is 0 Å². The molecule has 1 aliphatic heterocycles. The van der Waals surface area contributed by atoms with E-state index in [1.54, 1.807) is 7.11 Å². The summed E-state index contributed by atoms with van der Waals surface area (Å²) in [5.74, 6) is 2.12. The van der Waals surface area contributed by atoms with E-state index >= 15 is 0 Å². The van der Waals surface area contributed by atoms with Crippen molar-refractivity contribution in [3.63, 3.8) is 0 Å². The summed E-state index contributed by atoms with van der Waals surface area (Å²) < 4.78 is 5.18. The van der Waals surface area contributed by atoms with Gasteiger partial charge < -0.3 is 10.1 Å². The van der Waals surface area contributed by atoms with E-state index < -0.39 is 0 Å². The zero-order chi connectivity index (χ0) is 14.5. The number of methoxy groups -OCH3 is 1. The van der Waals surface area contributed by atoms with Crippen LogP contribution in [0.5, 0.6) is 5.75 Å². The molecule has 1 saturated carbocycles. The number of hydrogen-bond donors (Lipinski definition) is 1. The SMILES string of the molecule is COc1ccc(CCN=C2NC3(CCCCC3)CS2)cc1. The Morgan fingerprint density at radius 2 is 1.95 bits per heavy atom. The Labute approximate surface area is 131 Å². The molecular formula is C17H24N2OS. The fourth-order valence-electron chi connectivity index (χ4n) is 3.17. The van der Waals surface area contributed by atoms with Crippen LogP contribution in [0.2, 0.25) is 0 Å². The second-order valence-electron chi connectivity index (χ2n) is 6.04. The van der Waals surface area contributed by atoms with Gasteiger partial charge in [-0.3, -0.25) is 4.99 Å². The first-order valence-corrected chi connectivity index (χ1v) is 8.87. The minimum atomic E-state index is 0.363. The first-order valence-electron chi connectivity index (χ1n) is 7.88. The van der Waals surface area contributed by atoms with Gasteiger partial charge in [-0.1, -0.05) is 43.2 Å². The van der Waals surface area contributed by atoms with Crippen molar-refractivity contribution in [2.75, 3.05) is 19.4 Å². The summed E-state index contributed by atoms with van der Waals surface area (Å²) >= 11 is 1.91. The van der Waals surface area contributed by atoms with Crippen LogP contribution in [0.25, 0.3) is 0 Å². The predicted molar refractivity (Wildman–Crippen MR) is 90.4 cm³/mol. The van der Waals surface area contributed by atoms with Crippen molar-refractivity contribution < 1.29 is 4.74 Å². The van der Waals surface area contributed by atoms with Gasteiger partial charge in [0, 0.05) is 17.8 Å².